The second-order valence-corrected chi connectivity index (χ2v) is 5.61. The molecule has 0 saturated heterocycles. The number of carbonyl (C=O) groups excluding carboxylic acids is 1. The lowest BCUT2D eigenvalue weighted by molar-refractivity contribution is 0.0709. The lowest BCUT2D eigenvalue weighted by atomic mass is 9.98. The zero-order chi connectivity index (χ0) is 12.3. The number of carbonyl (C=O) groups is 1. The van der Waals surface area contributed by atoms with Gasteiger partial charge in [-0.15, -0.1) is 0 Å². The maximum atomic E-state index is 11.9. The van der Waals surface area contributed by atoms with Crippen molar-refractivity contribution in [3.63, 3.8) is 0 Å². The fourth-order valence-corrected chi connectivity index (χ4v) is 1.64. The molecule has 1 amide bonds. The van der Waals surface area contributed by atoms with Crippen LogP contribution in [0.15, 0.2) is 24.3 Å². The molecule has 0 spiro atoms. The van der Waals surface area contributed by atoms with Gasteiger partial charge in [0.05, 0.1) is 11.6 Å². The first-order valence-electron chi connectivity index (χ1n) is 5.09. The van der Waals surface area contributed by atoms with Crippen molar-refractivity contribution in [3.05, 3.63) is 33.4 Å². The SMILES string of the molecule is CC(O)C(C)(C)NC(=O)c1cccc(I)c1. The largest absolute Gasteiger partial charge is 0.391 e. The van der Waals surface area contributed by atoms with E-state index >= 15 is 0 Å². The van der Waals surface area contributed by atoms with Crippen LogP contribution in [0.2, 0.25) is 0 Å². The van der Waals surface area contributed by atoms with Crippen molar-refractivity contribution < 1.29 is 9.90 Å². The number of rotatable bonds is 3. The van der Waals surface area contributed by atoms with Crippen molar-refractivity contribution in [2.45, 2.75) is 32.4 Å². The van der Waals surface area contributed by atoms with Gasteiger partial charge in [-0.3, -0.25) is 4.79 Å². The molecule has 0 radical (unpaired) electrons. The molecule has 0 aliphatic carbocycles. The van der Waals surface area contributed by atoms with Crippen molar-refractivity contribution in [1.82, 2.24) is 5.32 Å². The van der Waals surface area contributed by atoms with Gasteiger partial charge in [0.25, 0.3) is 5.91 Å². The Labute approximate surface area is 109 Å². The Morgan fingerprint density at radius 2 is 2.12 bits per heavy atom. The van der Waals surface area contributed by atoms with Gasteiger partial charge in [-0.1, -0.05) is 6.07 Å². The highest BCUT2D eigenvalue weighted by molar-refractivity contribution is 14.1. The quantitative estimate of drug-likeness (QED) is 0.833. The summed E-state index contributed by atoms with van der Waals surface area (Å²) in [5.74, 6) is -0.163. The number of hydrogen-bond acceptors (Lipinski definition) is 2. The van der Waals surface area contributed by atoms with Crippen LogP contribution in [0.5, 0.6) is 0 Å². The molecule has 0 heterocycles. The standard InChI is InChI=1S/C12H16INO2/c1-8(15)12(2,3)14-11(16)9-5-4-6-10(13)7-9/h4-8,15H,1-3H3,(H,14,16). The minimum atomic E-state index is -0.627. The summed E-state index contributed by atoms with van der Waals surface area (Å²) in [6.07, 6.45) is -0.598. The minimum absolute atomic E-state index is 0.163. The summed E-state index contributed by atoms with van der Waals surface area (Å²) >= 11 is 2.16. The fraction of sp³-hybridized carbons (Fsp3) is 0.417. The highest BCUT2D eigenvalue weighted by atomic mass is 127. The average molecular weight is 333 g/mol. The monoisotopic (exact) mass is 333 g/mol. The van der Waals surface area contributed by atoms with Crippen molar-refractivity contribution >= 4 is 28.5 Å². The highest BCUT2D eigenvalue weighted by Crippen LogP contribution is 2.12. The predicted molar refractivity (Wildman–Crippen MR) is 72.4 cm³/mol. The highest BCUT2D eigenvalue weighted by Gasteiger charge is 2.26. The summed E-state index contributed by atoms with van der Waals surface area (Å²) in [5.41, 5.74) is -0.0149. The molecule has 16 heavy (non-hydrogen) atoms. The van der Waals surface area contributed by atoms with Crippen LogP contribution < -0.4 is 5.32 Å². The van der Waals surface area contributed by atoms with E-state index in [4.69, 9.17) is 0 Å². The predicted octanol–water partition coefficient (Wildman–Crippen LogP) is 2.18. The zero-order valence-corrected chi connectivity index (χ0v) is 11.8. The molecule has 1 aromatic carbocycles. The summed E-state index contributed by atoms with van der Waals surface area (Å²) in [4.78, 5) is 11.9. The Balaban J connectivity index is 2.81. The molecule has 1 aromatic rings. The molecule has 0 fully saturated rings. The summed E-state index contributed by atoms with van der Waals surface area (Å²) in [5, 5.41) is 12.3. The van der Waals surface area contributed by atoms with Crippen LogP contribution in [0.3, 0.4) is 0 Å². The van der Waals surface area contributed by atoms with E-state index in [1.807, 2.05) is 18.2 Å². The van der Waals surface area contributed by atoms with Gasteiger partial charge in [0.1, 0.15) is 0 Å². The van der Waals surface area contributed by atoms with Crippen LogP contribution in [0.25, 0.3) is 0 Å². The van der Waals surface area contributed by atoms with Gasteiger partial charge in [-0.25, -0.2) is 0 Å². The van der Waals surface area contributed by atoms with Crippen molar-refractivity contribution in [2.75, 3.05) is 0 Å². The molecule has 0 aliphatic rings. The maximum Gasteiger partial charge on any atom is 0.251 e. The molecule has 88 valence electrons. The average Bonchev–Trinajstić information content (AvgIpc) is 2.16. The Bertz CT molecular complexity index is 388. The van der Waals surface area contributed by atoms with Gasteiger partial charge in [-0.2, -0.15) is 0 Å². The van der Waals surface area contributed by atoms with Crippen LogP contribution in [0.1, 0.15) is 31.1 Å². The van der Waals surface area contributed by atoms with Crippen LogP contribution in [-0.2, 0) is 0 Å². The molecule has 0 bridgehead atoms. The second kappa shape index (κ2) is 5.14. The number of benzene rings is 1. The number of nitrogens with one attached hydrogen (secondary N) is 1. The van der Waals surface area contributed by atoms with Crippen LogP contribution >= 0.6 is 22.6 Å². The van der Waals surface area contributed by atoms with Gasteiger partial charge in [-0.05, 0) is 61.6 Å². The molecule has 1 rings (SSSR count). The molecule has 0 saturated carbocycles. The summed E-state index contributed by atoms with van der Waals surface area (Å²) < 4.78 is 1.01. The van der Waals surface area contributed by atoms with Crippen molar-refractivity contribution in [1.29, 1.82) is 0 Å². The van der Waals surface area contributed by atoms with Gasteiger partial charge < -0.3 is 10.4 Å². The summed E-state index contributed by atoms with van der Waals surface area (Å²) in [7, 11) is 0. The van der Waals surface area contributed by atoms with Crippen LogP contribution in [-0.4, -0.2) is 22.7 Å². The van der Waals surface area contributed by atoms with Gasteiger partial charge in [0, 0.05) is 9.13 Å². The number of aliphatic hydroxyl groups is 1. The molecule has 0 aliphatic heterocycles. The fourth-order valence-electron chi connectivity index (χ4n) is 1.10. The Hall–Kier alpha value is -0.620. The molecule has 1 unspecified atom stereocenters. The molecule has 0 aromatic heterocycles. The number of aliphatic hydroxyl groups excluding tert-OH is 1. The van der Waals surface area contributed by atoms with Crippen LogP contribution in [0, 0.1) is 3.57 Å². The molecular formula is C12H16INO2. The lowest BCUT2D eigenvalue weighted by Gasteiger charge is -2.29. The minimum Gasteiger partial charge on any atom is -0.391 e. The molecule has 1 atom stereocenters. The normalized spacial score (nSPS) is 13.3. The third-order valence-electron chi connectivity index (χ3n) is 2.57. The Morgan fingerprint density at radius 3 is 2.62 bits per heavy atom. The molecule has 3 nitrogen and oxygen atoms in total. The van der Waals surface area contributed by atoms with E-state index in [0.717, 1.165) is 3.57 Å². The molecule has 4 heteroatoms. The second-order valence-electron chi connectivity index (χ2n) is 4.36. The van der Waals surface area contributed by atoms with E-state index in [9.17, 15) is 9.90 Å². The number of halogens is 1. The topological polar surface area (TPSA) is 49.3 Å². The van der Waals surface area contributed by atoms with Crippen molar-refractivity contribution in [2.24, 2.45) is 0 Å². The van der Waals surface area contributed by atoms with E-state index < -0.39 is 11.6 Å². The first-order valence-corrected chi connectivity index (χ1v) is 6.17. The summed E-state index contributed by atoms with van der Waals surface area (Å²) in [6.45, 7) is 5.25. The van der Waals surface area contributed by atoms with E-state index in [2.05, 4.69) is 27.9 Å². The molecule has 2 N–H and O–H groups in total. The first-order chi connectivity index (χ1) is 7.33. The number of hydrogen-bond donors (Lipinski definition) is 2. The van der Waals surface area contributed by atoms with E-state index in [1.54, 1.807) is 26.8 Å². The van der Waals surface area contributed by atoms with E-state index in [1.165, 1.54) is 0 Å². The zero-order valence-electron chi connectivity index (χ0n) is 9.62. The van der Waals surface area contributed by atoms with E-state index in [0.29, 0.717) is 5.56 Å². The van der Waals surface area contributed by atoms with E-state index in [-0.39, 0.29) is 5.91 Å². The van der Waals surface area contributed by atoms with Gasteiger partial charge in [0.2, 0.25) is 0 Å². The first kappa shape index (κ1) is 13.4. The Kier molecular flexibility index (Phi) is 4.32. The number of amides is 1. The van der Waals surface area contributed by atoms with Crippen LogP contribution in [0.4, 0.5) is 0 Å². The van der Waals surface area contributed by atoms with Gasteiger partial charge in [0.15, 0.2) is 0 Å². The third kappa shape index (κ3) is 3.45. The van der Waals surface area contributed by atoms with Gasteiger partial charge >= 0.3 is 0 Å². The lowest BCUT2D eigenvalue weighted by Crippen LogP contribution is -2.50. The maximum absolute atomic E-state index is 11.9. The Morgan fingerprint density at radius 1 is 1.50 bits per heavy atom. The summed E-state index contributed by atoms with van der Waals surface area (Å²) in [6, 6.07) is 7.34. The van der Waals surface area contributed by atoms with Crippen molar-refractivity contribution in [3.8, 4) is 0 Å². The molecular weight excluding hydrogens is 317 g/mol. The third-order valence-corrected chi connectivity index (χ3v) is 3.24. The smallest absolute Gasteiger partial charge is 0.251 e.